The molecule has 0 bridgehead atoms. The van der Waals surface area contributed by atoms with E-state index in [1.807, 2.05) is 48.7 Å². The number of carbonyl (C=O) groups excluding carboxylic acids is 2. The molecule has 8 heteroatoms. The molecule has 36 heavy (non-hydrogen) atoms. The van der Waals surface area contributed by atoms with E-state index in [-0.39, 0.29) is 12.1 Å². The fourth-order valence-electron chi connectivity index (χ4n) is 4.01. The Hall–Kier alpha value is -4.30. The second-order valence-electron chi connectivity index (χ2n) is 8.33. The van der Waals surface area contributed by atoms with Crippen LogP contribution < -0.4 is 10.9 Å². The second-order valence-corrected chi connectivity index (χ2v) is 9.19. The van der Waals surface area contributed by atoms with Gasteiger partial charge in [0, 0.05) is 16.6 Å². The van der Waals surface area contributed by atoms with Crippen molar-refractivity contribution in [2.75, 3.05) is 11.9 Å². The van der Waals surface area contributed by atoms with E-state index in [9.17, 15) is 14.4 Å². The number of fused-ring (bicyclic) bond motifs is 2. The Labute approximate surface area is 211 Å². The van der Waals surface area contributed by atoms with Gasteiger partial charge in [-0.3, -0.25) is 14.2 Å². The van der Waals surface area contributed by atoms with Crippen molar-refractivity contribution in [2.45, 2.75) is 19.9 Å². The summed E-state index contributed by atoms with van der Waals surface area (Å²) in [7, 11) is 0. The minimum Gasteiger partial charge on any atom is -0.462 e. The monoisotopic (exact) mass is 497 g/mol. The number of amides is 1. The van der Waals surface area contributed by atoms with Gasteiger partial charge >= 0.3 is 5.97 Å². The van der Waals surface area contributed by atoms with Crippen LogP contribution in [0.2, 0.25) is 0 Å². The number of esters is 1. The number of anilines is 1. The molecule has 0 atom stereocenters. The van der Waals surface area contributed by atoms with Crippen LogP contribution in [0.1, 0.15) is 23.7 Å². The van der Waals surface area contributed by atoms with Crippen LogP contribution in [0.25, 0.3) is 32.1 Å². The number of aromatic nitrogens is 2. The molecule has 0 aliphatic rings. The van der Waals surface area contributed by atoms with E-state index >= 15 is 0 Å². The van der Waals surface area contributed by atoms with E-state index in [1.54, 1.807) is 24.3 Å². The molecule has 0 saturated carbocycles. The molecular formula is C28H23N3O4S. The molecule has 1 amide bonds. The third-order valence-electron chi connectivity index (χ3n) is 5.75. The van der Waals surface area contributed by atoms with E-state index in [1.165, 1.54) is 22.2 Å². The maximum Gasteiger partial charge on any atom is 0.338 e. The number of nitrogens with one attached hydrogen (secondary N) is 1. The second kappa shape index (κ2) is 10.1. The van der Waals surface area contributed by atoms with Gasteiger partial charge in [0.15, 0.2) is 0 Å². The molecule has 7 nitrogen and oxygen atoms in total. The summed E-state index contributed by atoms with van der Waals surface area (Å²) >= 11 is 1.40. The first kappa shape index (κ1) is 23.4. The van der Waals surface area contributed by atoms with Crippen molar-refractivity contribution in [1.82, 2.24) is 9.55 Å². The minimum atomic E-state index is -0.447. The Morgan fingerprint density at radius 2 is 1.86 bits per heavy atom. The van der Waals surface area contributed by atoms with Crippen molar-refractivity contribution < 1.29 is 14.3 Å². The maximum atomic E-state index is 13.4. The van der Waals surface area contributed by atoms with Crippen LogP contribution in [0, 0.1) is 0 Å². The molecule has 180 valence electrons. The van der Waals surface area contributed by atoms with Crippen LogP contribution in [0.3, 0.4) is 0 Å². The van der Waals surface area contributed by atoms with Gasteiger partial charge in [0.05, 0.1) is 23.9 Å². The highest BCUT2D eigenvalue weighted by molar-refractivity contribution is 7.17. The lowest BCUT2D eigenvalue weighted by Crippen LogP contribution is -2.27. The molecule has 0 unspecified atom stereocenters. The third-order valence-corrected chi connectivity index (χ3v) is 6.64. The largest absolute Gasteiger partial charge is 0.462 e. The average molecular weight is 498 g/mol. The molecule has 0 aliphatic carbocycles. The van der Waals surface area contributed by atoms with Crippen molar-refractivity contribution in [3.05, 3.63) is 94.4 Å². The van der Waals surface area contributed by atoms with E-state index in [0.29, 0.717) is 28.1 Å². The highest BCUT2D eigenvalue weighted by Gasteiger charge is 2.16. The zero-order valence-corrected chi connectivity index (χ0v) is 20.4. The molecule has 3 aromatic carbocycles. The molecule has 5 rings (SSSR count). The molecule has 2 aromatic heterocycles. The fraction of sp³-hybridized carbons (Fsp3) is 0.143. The number of thiophene rings is 1. The van der Waals surface area contributed by atoms with Gasteiger partial charge in [-0.2, -0.15) is 0 Å². The summed E-state index contributed by atoms with van der Waals surface area (Å²) in [6.07, 6.45) is 2.12. The lowest BCUT2D eigenvalue weighted by atomic mass is 10.0. The van der Waals surface area contributed by atoms with Crippen LogP contribution in [-0.2, 0) is 16.1 Å². The Morgan fingerprint density at radius 1 is 1.03 bits per heavy atom. The van der Waals surface area contributed by atoms with Crippen molar-refractivity contribution in [2.24, 2.45) is 0 Å². The third kappa shape index (κ3) is 4.76. The van der Waals surface area contributed by atoms with E-state index in [2.05, 4.69) is 16.4 Å². The predicted octanol–water partition coefficient (Wildman–Crippen LogP) is 5.48. The fourth-order valence-corrected chi connectivity index (χ4v) is 4.91. The average Bonchev–Trinajstić information content (AvgIpc) is 3.34. The number of hydrogen-bond donors (Lipinski definition) is 1. The Kier molecular flexibility index (Phi) is 6.60. The molecule has 0 fully saturated rings. The van der Waals surface area contributed by atoms with Crippen LogP contribution in [-0.4, -0.2) is 28.0 Å². The number of hydrogen-bond acceptors (Lipinski definition) is 6. The SMILES string of the molecule is CCCOC(=O)c1cccc(NC(=O)Cn2cnc3scc(-c4ccc5ccccc5c4)c3c2=O)c1. The number of carbonyl (C=O) groups is 2. The number of rotatable bonds is 7. The van der Waals surface area contributed by atoms with Gasteiger partial charge in [0.25, 0.3) is 5.56 Å². The van der Waals surface area contributed by atoms with Gasteiger partial charge in [-0.25, -0.2) is 9.78 Å². The molecule has 0 saturated heterocycles. The summed E-state index contributed by atoms with van der Waals surface area (Å²) in [4.78, 5) is 43.3. The zero-order valence-electron chi connectivity index (χ0n) is 19.6. The minimum absolute atomic E-state index is 0.209. The quantitative estimate of drug-likeness (QED) is 0.301. The first-order valence-electron chi connectivity index (χ1n) is 11.6. The van der Waals surface area contributed by atoms with Gasteiger partial charge in [0.1, 0.15) is 11.4 Å². The maximum absolute atomic E-state index is 13.4. The van der Waals surface area contributed by atoms with Crippen LogP contribution in [0.4, 0.5) is 5.69 Å². The van der Waals surface area contributed by atoms with Gasteiger partial charge in [-0.1, -0.05) is 49.4 Å². The number of nitrogens with zero attached hydrogens (tertiary/aromatic N) is 2. The number of benzene rings is 3. The zero-order chi connectivity index (χ0) is 25.1. The summed E-state index contributed by atoms with van der Waals surface area (Å²) in [5.41, 5.74) is 2.23. The standard InChI is InChI=1S/C28H23N3O4S/c1-2-12-35-28(34)21-8-5-9-22(14-21)30-24(32)15-31-17-29-26-25(27(31)33)23(16-36-26)20-11-10-18-6-3-4-7-19(18)13-20/h3-11,13-14,16-17H,2,12,15H2,1H3,(H,30,32). The summed E-state index contributed by atoms with van der Waals surface area (Å²) in [5, 5.41) is 7.37. The summed E-state index contributed by atoms with van der Waals surface area (Å²) in [5.74, 6) is -0.850. The molecule has 0 radical (unpaired) electrons. The van der Waals surface area contributed by atoms with E-state index in [0.717, 1.165) is 28.3 Å². The van der Waals surface area contributed by atoms with Crippen molar-refractivity contribution in [3.8, 4) is 11.1 Å². The molecule has 0 aliphatic heterocycles. The van der Waals surface area contributed by atoms with Crippen LogP contribution in [0.15, 0.2) is 83.2 Å². The lowest BCUT2D eigenvalue weighted by molar-refractivity contribution is -0.116. The Bertz CT molecular complexity index is 1650. The topological polar surface area (TPSA) is 90.3 Å². The van der Waals surface area contributed by atoms with Crippen molar-refractivity contribution in [3.63, 3.8) is 0 Å². The summed E-state index contributed by atoms with van der Waals surface area (Å²) < 4.78 is 6.45. The van der Waals surface area contributed by atoms with Gasteiger partial charge in [-0.15, -0.1) is 11.3 Å². The Morgan fingerprint density at radius 3 is 2.69 bits per heavy atom. The summed E-state index contributed by atoms with van der Waals surface area (Å²) in [6.45, 7) is 2.04. The number of ether oxygens (including phenoxy) is 1. The molecule has 1 N–H and O–H groups in total. The van der Waals surface area contributed by atoms with Gasteiger partial charge in [-0.05, 0) is 47.0 Å². The van der Waals surface area contributed by atoms with Crippen LogP contribution >= 0.6 is 11.3 Å². The lowest BCUT2D eigenvalue weighted by Gasteiger charge is -2.09. The first-order chi connectivity index (χ1) is 17.5. The molecule has 5 aromatic rings. The predicted molar refractivity (Wildman–Crippen MR) is 142 cm³/mol. The highest BCUT2D eigenvalue weighted by Crippen LogP contribution is 2.32. The first-order valence-corrected chi connectivity index (χ1v) is 12.4. The van der Waals surface area contributed by atoms with E-state index in [4.69, 9.17) is 4.74 Å². The molecular weight excluding hydrogens is 474 g/mol. The summed E-state index contributed by atoms with van der Waals surface area (Å²) in [6, 6.07) is 20.6. The van der Waals surface area contributed by atoms with Crippen molar-refractivity contribution >= 4 is 49.9 Å². The molecule has 0 spiro atoms. The van der Waals surface area contributed by atoms with Gasteiger partial charge < -0.3 is 10.1 Å². The van der Waals surface area contributed by atoms with Gasteiger partial charge in [0.2, 0.25) is 5.91 Å². The highest BCUT2D eigenvalue weighted by atomic mass is 32.1. The van der Waals surface area contributed by atoms with Crippen molar-refractivity contribution in [1.29, 1.82) is 0 Å². The van der Waals surface area contributed by atoms with Crippen LogP contribution in [0.5, 0.6) is 0 Å². The van der Waals surface area contributed by atoms with E-state index < -0.39 is 11.9 Å². The Balaban J connectivity index is 1.39. The molecule has 2 heterocycles. The smallest absolute Gasteiger partial charge is 0.338 e. The normalized spacial score (nSPS) is 11.0.